The van der Waals surface area contributed by atoms with Crippen molar-refractivity contribution in [2.24, 2.45) is 11.3 Å². The molecule has 0 spiro atoms. The van der Waals surface area contributed by atoms with E-state index in [9.17, 15) is 13.6 Å². The monoisotopic (exact) mass is 272 g/mol. The van der Waals surface area contributed by atoms with E-state index in [4.69, 9.17) is 5.11 Å². The van der Waals surface area contributed by atoms with Gasteiger partial charge in [0.1, 0.15) is 0 Å². The fraction of sp³-hybridized carbons (Fsp3) is 0.462. The molecule has 1 N–H and O–H groups in total. The maximum absolute atomic E-state index is 12.3. The van der Waals surface area contributed by atoms with Gasteiger partial charge in [-0.3, -0.25) is 4.79 Å². The molecule has 98 valence electrons. The molecule has 1 saturated carbocycles. The smallest absolute Gasteiger partial charge is 0.307 e. The van der Waals surface area contributed by atoms with Crippen LogP contribution in [0.4, 0.5) is 8.78 Å². The summed E-state index contributed by atoms with van der Waals surface area (Å²) in [6.07, 6.45) is 0. The Labute approximate surface area is 108 Å². The molecule has 0 bridgehead atoms. The highest BCUT2D eigenvalue weighted by molar-refractivity contribution is 7.99. The van der Waals surface area contributed by atoms with Gasteiger partial charge in [0.2, 0.25) is 0 Å². The summed E-state index contributed by atoms with van der Waals surface area (Å²) in [5.41, 5.74) is 0.526. The number of carboxylic acid groups (broad SMARTS) is 1. The Morgan fingerprint density at radius 3 is 2.61 bits per heavy atom. The Morgan fingerprint density at radius 1 is 1.44 bits per heavy atom. The predicted octanol–water partition coefficient (Wildman–Crippen LogP) is 3.83. The van der Waals surface area contributed by atoms with Crippen molar-refractivity contribution in [1.82, 2.24) is 0 Å². The largest absolute Gasteiger partial charge is 0.481 e. The van der Waals surface area contributed by atoms with Crippen LogP contribution in [0.15, 0.2) is 29.2 Å². The highest BCUT2D eigenvalue weighted by Gasteiger charge is 2.62. The standard InChI is InChI=1S/C13H14F2O2S/c1-13(2)9(10(13)11(16)17)7-4-3-5-8(6-7)18-12(14)15/h3-6,9-10,12H,1-2H3,(H,16,17)/t9-,10+/m1/s1. The fourth-order valence-corrected chi connectivity index (χ4v) is 3.17. The van der Waals surface area contributed by atoms with E-state index in [0.29, 0.717) is 16.7 Å². The number of hydrogen-bond acceptors (Lipinski definition) is 2. The second-order valence-electron chi connectivity index (χ2n) is 5.07. The summed E-state index contributed by atoms with van der Waals surface area (Å²) in [5.74, 6) is -3.79. The highest BCUT2D eigenvalue weighted by atomic mass is 32.2. The third kappa shape index (κ3) is 2.36. The van der Waals surface area contributed by atoms with Crippen molar-refractivity contribution in [1.29, 1.82) is 0 Å². The third-order valence-electron chi connectivity index (χ3n) is 3.54. The molecule has 0 radical (unpaired) electrons. The van der Waals surface area contributed by atoms with Gasteiger partial charge in [0, 0.05) is 10.8 Å². The van der Waals surface area contributed by atoms with Crippen LogP contribution in [0.2, 0.25) is 0 Å². The number of aliphatic carboxylic acids is 1. The van der Waals surface area contributed by atoms with Gasteiger partial charge in [-0.2, -0.15) is 8.78 Å². The number of rotatable bonds is 4. The Morgan fingerprint density at radius 2 is 2.11 bits per heavy atom. The first kappa shape index (κ1) is 13.3. The quantitative estimate of drug-likeness (QED) is 0.846. The van der Waals surface area contributed by atoms with Crippen LogP contribution in [0.1, 0.15) is 25.3 Å². The summed E-state index contributed by atoms with van der Waals surface area (Å²) in [7, 11) is 0. The molecule has 0 saturated heterocycles. The highest BCUT2D eigenvalue weighted by Crippen LogP contribution is 2.64. The van der Waals surface area contributed by atoms with Gasteiger partial charge in [-0.25, -0.2) is 0 Å². The average molecular weight is 272 g/mol. The van der Waals surface area contributed by atoms with Gasteiger partial charge < -0.3 is 5.11 Å². The zero-order chi connectivity index (χ0) is 13.5. The zero-order valence-electron chi connectivity index (χ0n) is 10.1. The molecule has 1 aliphatic carbocycles. The molecule has 5 heteroatoms. The maximum atomic E-state index is 12.3. The SMILES string of the molecule is CC1(C)[C@H](C(=O)O)[C@H]1c1cccc(SC(F)F)c1. The minimum atomic E-state index is -2.46. The molecular weight excluding hydrogens is 258 g/mol. The number of carbonyl (C=O) groups is 1. The van der Waals surface area contributed by atoms with E-state index in [-0.39, 0.29) is 11.3 Å². The zero-order valence-corrected chi connectivity index (χ0v) is 10.9. The van der Waals surface area contributed by atoms with Crippen LogP contribution < -0.4 is 0 Å². The van der Waals surface area contributed by atoms with E-state index in [1.54, 1.807) is 18.2 Å². The van der Waals surface area contributed by atoms with Gasteiger partial charge in [-0.05, 0) is 23.1 Å². The van der Waals surface area contributed by atoms with E-state index in [1.165, 1.54) is 0 Å². The summed E-state index contributed by atoms with van der Waals surface area (Å²) >= 11 is 0.487. The lowest BCUT2D eigenvalue weighted by Crippen LogP contribution is -2.03. The van der Waals surface area contributed by atoms with Crippen LogP contribution in [0.5, 0.6) is 0 Å². The molecular formula is C13H14F2O2S. The molecule has 1 fully saturated rings. The molecule has 0 heterocycles. The van der Waals surface area contributed by atoms with Gasteiger partial charge in [0.25, 0.3) is 5.76 Å². The lowest BCUT2D eigenvalue weighted by molar-refractivity contribution is -0.139. The van der Waals surface area contributed by atoms with Gasteiger partial charge in [-0.15, -0.1) is 0 Å². The van der Waals surface area contributed by atoms with Gasteiger partial charge >= 0.3 is 5.97 Å². The van der Waals surface area contributed by atoms with Crippen molar-refractivity contribution in [2.45, 2.75) is 30.4 Å². The van der Waals surface area contributed by atoms with E-state index >= 15 is 0 Å². The van der Waals surface area contributed by atoms with Gasteiger partial charge in [0.15, 0.2) is 0 Å². The molecule has 18 heavy (non-hydrogen) atoms. The molecule has 0 aliphatic heterocycles. The van der Waals surface area contributed by atoms with Gasteiger partial charge in [-0.1, -0.05) is 37.7 Å². The van der Waals surface area contributed by atoms with Crippen molar-refractivity contribution >= 4 is 17.7 Å². The number of hydrogen-bond donors (Lipinski definition) is 1. The molecule has 2 nitrogen and oxygen atoms in total. The minimum absolute atomic E-state index is 0.0896. The van der Waals surface area contributed by atoms with Crippen LogP contribution in [-0.4, -0.2) is 16.8 Å². The number of benzene rings is 1. The first-order valence-electron chi connectivity index (χ1n) is 5.61. The van der Waals surface area contributed by atoms with Crippen LogP contribution in [0.3, 0.4) is 0 Å². The minimum Gasteiger partial charge on any atom is -0.481 e. The number of thioether (sulfide) groups is 1. The number of alkyl halides is 2. The molecule has 1 aromatic carbocycles. The second-order valence-corrected chi connectivity index (χ2v) is 6.13. The Bertz CT molecular complexity index is 474. The normalized spacial score (nSPS) is 25.2. The van der Waals surface area contributed by atoms with Crippen molar-refractivity contribution in [3.8, 4) is 0 Å². The summed E-state index contributed by atoms with van der Waals surface area (Å²) in [5, 5.41) is 9.11. The first-order valence-corrected chi connectivity index (χ1v) is 6.49. The van der Waals surface area contributed by atoms with Crippen molar-refractivity contribution < 1.29 is 18.7 Å². The Hall–Kier alpha value is -1.10. The van der Waals surface area contributed by atoms with Crippen LogP contribution >= 0.6 is 11.8 Å². The molecule has 2 rings (SSSR count). The topological polar surface area (TPSA) is 37.3 Å². The van der Waals surface area contributed by atoms with E-state index in [1.807, 2.05) is 19.9 Å². The molecule has 1 aliphatic rings. The first-order chi connectivity index (χ1) is 8.34. The Kier molecular flexibility index (Phi) is 3.36. The number of carboxylic acids is 1. The summed E-state index contributed by atoms with van der Waals surface area (Å²) < 4.78 is 24.6. The van der Waals surface area contributed by atoms with E-state index in [2.05, 4.69) is 0 Å². The lowest BCUT2D eigenvalue weighted by Gasteiger charge is -2.05. The molecule has 0 amide bonds. The molecule has 0 unspecified atom stereocenters. The molecule has 1 aromatic rings. The second kappa shape index (κ2) is 4.53. The Balaban J connectivity index is 2.23. The van der Waals surface area contributed by atoms with Crippen LogP contribution in [0.25, 0.3) is 0 Å². The van der Waals surface area contributed by atoms with E-state index in [0.717, 1.165) is 5.56 Å². The van der Waals surface area contributed by atoms with Crippen molar-refractivity contribution in [2.75, 3.05) is 0 Å². The number of halogens is 2. The van der Waals surface area contributed by atoms with Crippen molar-refractivity contribution in [3.63, 3.8) is 0 Å². The van der Waals surface area contributed by atoms with Crippen LogP contribution in [-0.2, 0) is 4.79 Å². The van der Waals surface area contributed by atoms with E-state index < -0.39 is 17.6 Å². The fourth-order valence-electron chi connectivity index (χ4n) is 2.60. The van der Waals surface area contributed by atoms with Crippen molar-refractivity contribution in [3.05, 3.63) is 29.8 Å². The van der Waals surface area contributed by atoms with Gasteiger partial charge in [0.05, 0.1) is 5.92 Å². The molecule has 2 atom stereocenters. The third-order valence-corrected chi connectivity index (χ3v) is 4.24. The van der Waals surface area contributed by atoms with Crippen LogP contribution in [0, 0.1) is 11.3 Å². The maximum Gasteiger partial charge on any atom is 0.307 e. The summed E-state index contributed by atoms with van der Waals surface area (Å²) in [6.45, 7) is 3.78. The molecule has 0 aromatic heterocycles. The average Bonchev–Trinajstić information content (AvgIpc) is 2.81. The summed E-state index contributed by atoms with van der Waals surface area (Å²) in [6, 6.07) is 6.80. The predicted molar refractivity (Wildman–Crippen MR) is 66.0 cm³/mol. The lowest BCUT2D eigenvalue weighted by atomic mass is 10.0. The summed E-state index contributed by atoms with van der Waals surface area (Å²) in [4.78, 5) is 11.6.